The van der Waals surface area contributed by atoms with Crippen molar-refractivity contribution in [2.75, 3.05) is 0 Å². The van der Waals surface area contributed by atoms with Crippen LogP contribution < -0.4 is 0 Å². The van der Waals surface area contributed by atoms with Crippen LogP contribution in [0.1, 0.15) is 21.8 Å². The number of nitrogens with zero attached hydrogens (tertiary/aromatic N) is 2. The highest BCUT2D eigenvalue weighted by Crippen LogP contribution is 2.33. The van der Waals surface area contributed by atoms with E-state index in [1.807, 2.05) is 0 Å². The largest absolute Gasteiger partial charge is 0.477 e. The quantitative estimate of drug-likeness (QED) is 0.720. The average Bonchev–Trinajstić information content (AvgIpc) is 2.82. The molecule has 1 aliphatic carbocycles. The minimum absolute atomic E-state index is 0.164. The SMILES string of the molecule is O=C(O)c1[nH]nc2c1CCc1oncc1-2. The van der Waals surface area contributed by atoms with Gasteiger partial charge in [-0.2, -0.15) is 5.10 Å². The third-order valence-electron chi connectivity index (χ3n) is 2.58. The van der Waals surface area contributed by atoms with Gasteiger partial charge >= 0.3 is 5.97 Å². The zero-order chi connectivity index (χ0) is 10.4. The Balaban J connectivity index is 2.23. The molecule has 15 heavy (non-hydrogen) atoms. The van der Waals surface area contributed by atoms with Gasteiger partial charge in [-0.25, -0.2) is 4.79 Å². The molecule has 76 valence electrons. The van der Waals surface area contributed by atoms with Gasteiger partial charge in [-0.05, 0) is 6.42 Å². The zero-order valence-electron chi connectivity index (χ0n) is 7.65. The first kappa shape index (κ1) is 8.22. The number of aryl methyl sites for hydroxylation is 1. The van der Waals surface area contributed by atoms with Crippen molar-refractivity contribution in [2.24, 2.45) is 0 Å². The van der Waals surface area contributed by atoms with Crippen molar-refractivity contribution in [3.63, 3.8) is 0 Å². The Kier molecular flexibility index (Phi) is 1.47. The number of fused-ring (bicyclic) bond motifs is 3. The Morgan fingerprint density at radius 3 is 3.20 bits per heavy atom. The molecule has 0 bridgehead atoms. The van der Waals surface area contributed by atoms with Crippen LogP contribution in [0.2, 0.25) is 0 Å². The molecule has 0 radical (unpaired) electrons. The second-order valence-electron chi connectivity index (χ2n) is 3.39. The third kappa shape index (κ3) is 1.01. The number of nitrogens with one attached hydrogen (secondary N) is 1. The van der Waals surface area contributed by atoms with Gasteiger partial charge in [0.1, 0.15) is 17.1 Å². The predicted octanol–water partition coefficient (Wildman–Crippen LogP) is 0.861. The van der Waals surface area contributed by atoms with Gasteiger partial charge in [0.2, 0.25) is 0 Å². The van der Waals surface area contributed by atoms with Crippen molar-refractivity contribution < 1.29 is 14.4 Å². The van der Waals surface area contributed by atoms with E-state index in [9.17, 15) is 4.79 Å². The maximum Gasteiger partial charge on any atom is 0.354 e. The standard InChI is InChI=1S/C9H7N3O3/c13-9(14)8-4-1-2-6-5(3-10-15-6)7(4)11-12-8/h3H,1-2H2,(H,11,12)(H,13,14). The fourth-order valence-corrected chi connectivity index (χ4v) is 1.88. The predicted molar refractivity (Wildman–Crippen MR) is 48.5 cm³/mol. The van der Waals surface area contributed by atoms with E-state index in [1.54, 1.807) is 6.20 Å². The number of aromatic carboxylic acids is 1. The average molecular weight is 205 g/mol. The second kappa shape index (κ2) is 2.69. The fraction of sp³-hybridized carbons (Fsp3) is 0.222. The van der Waals surface area contributed by atoms with E-state index in [4.69, 9.17) is 9.63 Å². The number of H-pyrrole nitrogens is 1. The third-order valence-corrected chi connectivity index (χ3v) is 2.58. The van der Waals surface area contributed by atoms with Crippen molar-refractivity contribution in [1.29, 1.82) is 0 Å². The fourth-order valence-electron chi connectivity index (χ4n) is 1.88. The summed E-state index contributed by atoms with van der Waals surface area (Å²) < 4.78 is 5.03. The molecule has 2 aromatic rings. The van der Waals surface area contributed by atoms with E-state index >= 15 is 0 Å². The van der Waals surface area contributed by atoms with Crippen LogP contribution >= 0.6 is 0 Å². The molecule has 6 heteroatoms. The van der Waals surface area contributed by atoms with Gasteiger partial charge in [-0.15, -0.1) is 0 Å². The summed E-state index contributed by atoms with van der Waals surface area (Å²) in [5.41, 5.74) is 2.34. The topological polar surface area (TPSA) is 92.0 Å². The summed E-state index contributed by atoms with van der Waals surface area (Å²) in [5, 5.41) is 19.1. The Morgan fingerprint density at radius 2 is 2.40 bits per heavy atom. The van der Waals surface area contributed by atoms with Gasteiger partial charge in [0.25, 0.3) is 0 Å². The zero-order valence-corrected chi connectivity index (χ0v) is 7.65. The van der Waals surface area contributed by atoms with Crippen molar-refractivity contribution >= 4 is 5.97 Å². The molecule has 2 aromatic heterocycles. The minimum Gasteiger partial charge on any atom is -0.477 e. The molecule has 0 unspecified atom stereocenters. The van der Waals surface area contributed by atoms with Crippen LogP contribution in [0, 0.1) is 0 Å². The molecular weight excluding hydrogens is 198 g/mol. The summed E-state index contributed by atoms with van der Waals surface area (Å²) in [7, 11) is 0. The summed E-state index contributed by atoms with van der Waals surface area (Å²) >= 11 is 0. The first-order valence-corrected chi connectivity index (χ1v) is 4.52. The second-order valence-corrected chi connectivity index (χ2v) is 3.39. The van der Waals surface area contributed by atoms with E-state index < -0.39 is 5.97 Å². The summed E-state index contributed by atoms with van der Waals surface area (Å²) in [4.78, 5) is 10.9. The molecule has 1 aliphatic rings. The summed E-state index contributed by atoms with van der Waals surface area (Å²) in [6, 6.07) is 0. The highest BCUT2D eigenvalue weighted by molar-refractivity contribution is 5.90. The summed E-state index contributed by atoms with van der Waals surface area (Å²) in [6.45, 7) is 0. The normalized spacial score (nSPS) is 13.3. The van der Waals surface area contributed by atoms with E-state index in [0.717, 1.165) is 16.9 Å². The lowest BCUT2D eigenvalue weighted by atomic mass is 9.95. The summed E-state index contributed by atoms with van der Waals surface area (Å²) in [5.74, 6) is -0.213. The van der Waals surface area contributed by atoms with Gasteiger partial charge < -0.3 is 9.63 Å². The Morgan fingerprint density at radius 1 is 1.53 bits per heavy atom. The van der Waals surface area contributed by atoms with Gasteiger partial charge in [0.15, 0.2) is 0 Å². The van der Waals surface area contributed by atoms with Gasteiger partial charge in [-0.3, -0.25) is 5.10 Å². The van der Waals surface area contributed by atoms with Crippen LogP contribution in [0.3, 0.4) is 0 Å². The van der Waals surface area contributed by atoms with Crippen molar-refractivity contribution in [3.05, 3.63) is 23.2 Å². The number of hydrogen-bond donors (Lipinski definition) is 2. The molecule has 2 heterocycles. The molecule has 0 aliphatic heterocycles. The molecule has 0 saturated carbocycles. The van der Waals surface area contributed by atoms with Crippen LogP contribution in [-0.4, -0.2) is 26.4 Å². The van der Waals surface area contributed by atoms with Crippen LogP contribution in [-0.2, 0) is 12.8 Å². The minimum atomic E-state index is -0.983. The van der Waals surface area contributed by atoms with Crippen LogP contribution in [0.15, 0.2) is 10.7 Å². The first-order valence-electron chi connectivity index (χ1n) is 4.52. The van der Waals surface area contributed by atoms with Crippen molar-refractivity contribution in [2.45, 2.75) is 12.8 Å². The number of aromatic amines is 1. The van der Waals surface area contributed by atoms with E-state index in [-0.39, 0.29) is 5.69 Å². The highest BCUT2D eigenvalue weighted by atomic mass is 16.5. The molecule has 0 atom stereocenters. The number of carboxylic acids is 1. The number of carboxylic acid groups (broad SMARTS) is 1. The van der Waals surface area contributed by atoms with E-state index in [1.165, 1.54) is 0 Å². The Labute approximate surface area is 83.9 Å². The number of carbonyl (C=O) groups is 1. The molecule has 6 nitrogen and oxygen atoms in total. The van der Waals surface area contributed by atoms with Crippen molar-refractivity contribution in [1.82, 2.24) is 15.4 Å². The lowest BCUT2D eigenvalue weighted by Gasteiger charge is -2.07. The van der Waals surface area contributed by atoms with Gasteiger partial charge in [-0.1, -0.05) is 5.16 Å². The maximum atomic E-state index is 10.9. The molecule has 0 fully saturated rings. The lowest BCUT2D eigenvalue weighted by Crippen LogP contribution is -2.06. The molecule has 2 N–H and O–H groups in total. The smallest absolute Gasteiger partial charge is 0.354 e. The molecule has 3 rings (SSSR count). The number of hydrogen-bond acceptors (Lipinski definition) is 4. The Hall–Kier alpha value is -2.11. The maximum absolute atomic E-state index is 10.9. The monoisotopic (exact) mass is 205 g/mol. The van der Waals surface area contributed by atoms with Gasteiger partial charge in [0.05, 0.1) is 11.8 Å². The van der Waals surface area contributed by atoms with Crippen LogP contribution in [0.25, 0.3) is 11.3 Å². The molecule has 0 spiro atoms. The van der Waals surface area contributed by atoms with Crippen LogP contribution in [0.4, 0.5) is 0 Å². The molecular formula is C9H7N3O3. The number of aromatic nitrogens is 3. The molecule has 0 amide bonds. The lowest BCUT2D eigenvalue weighted by molar-refractivity contribution is 0.0689. The van der Waals surface area contributed by atoms with Gasteiger partial charge in [0, 0.05) is 12.0 Å². The Bertz CT molecular complexity index is 541. The van der Waals surface area contributed by atoms with E-state index in [2.05, 4.69) is 15.4 Å². The van der Waals surface area contributed by atoms with Crippen LogP contribution in [0.5, 0.6) is 0 Å². The first-order chi connectivity index (χ1) is 7.27. The summed E-state index contributed by atoms with van der Waals surface area (Å²) in [6.07, 6.45) is 2.86. The van der Waals surface area contributed by atoms with E-state index in [0.29, 0.717) is 18.5 Å². The van der Waals surface area contributed by atoms with Crippen molar-refractivity contribution in [3.8, 4) is 11.3 Å². The molecule has 0 saturated heterocycles. The highest BCUT2D eigenvalue weighted by Gasteiger charge is 2.27. The molecule has 0 aromatic carbocycles. The number of rotatable bonds is 1.